The topological polar surface area (TPSA) is 70.1 Å². The molecular formula is C16H19N3O2. The molecule has 5 heteroatoms. The van der Waals surface area contributed by atoms with E-state index in [1.165, 1.54) is 24.0 Å². The first-order chi connectivity index (χ1) is 10.2. The van der Waals surface area contributed by atoms with E-state index in [-0.39, 0.29) is 5.69 Å². The number of aryl methyl sites for hydroxylation is 1. The van der Waals surface area contributed by atoms with Crippen LogP contribution in [0.2, 0.25) is 0 Å². The van der Waals surface area contributed by atoms with E-state index in [9.17, 15) is 4.79 Å². The maximum absolute atomic E-state index is 11.8. The summed E-state index contributed by atoms with van der Waals surface area (Å²) in [5.74, 6) is -0.133. The summed E-state index contributed by atoms with van der Waals surface area (Å²) in [6.07, 6.45) is 6.15. The van der Waals surface area contributed by atoms with E-state index < -0.39 is 5.97 Å². The number of anilines is 1. The molecule has 110 valence electrons. The monoisotopic (exact) mass is 285 g/mol. The summed E-state index contributed by atoms with van der Waals surface area (Å²) in [6, 6.07) is 6.22. The summed E-state index contributed by atoms with van der Waals surface area (Å²) in [7, 11) is 0. The third-order valence-corrected chi connectivity index (χ3v) is 3.90. The highest BCUT2D eigenvalue weighted by atomic mass is 16.5. The van der Waals surface area contributed by atoms with Crippen LogP contribution in [0.1, 0.15) is 41.4 Å². The van der Waals surface area contributed by atoms with Crippen LogP contribution in [0.5, 0.6) is 0 Å². The summed E-state index contributed by atoms with van der Waals surface area (Å²) < 4.78 is 6.76. The number of nitrogens with zero attached hydrogens (tertiary/aromatic N) is 2. The zero-order valence-electron chi connectivity index (χ0n) is 12.1. The van der Waals surface area contributed by atoms with Gasteiger partial charge in [0.15, 0.2) is 5.69 Å². The van der Waals surface area contributed by atoms with E-state index in [4.69, 9.17) is 10.5 Å². The second-order valence-corrected chi connectivity index (χ2v) is 5.19. The smallest absolute Gasteiger partial charge is 0.360 e. The Labute approximate surface area is 123 Å². The van der Waals surface area contributed by atoms with E-state index in [1.807, 2.05) is 12.1 Å². The fourth-order valence-corrected chi connectivity index (χ4v) is 2.89. The number of aromatic nitrogens is 2. The van der Waals surface area contributed by atoms with Crippen LogP contribution in [0.4, 0.5) is 5.82 Å². The lowest BCUT2D eigenvalue weighted by atomic mass is 9.90. The first-order valence-electron chi connectivity index (χ1n) is 7.33. The largest absolute Gasteiger partial charge is 0.461 e. The third kappa shape index (κ3) is 2.39. The molecule has 0 radical (unpaired) electrons. The van der Waals surface area contributed by atoms with Gasteiger partial charge in [-0.15, -0.1) is 0 Å². The highest BCUT2D eigenvalue weighted by molar-refractivity contribution is 5.92. The zero-order chi connectivity index (χ0) is 14.8. The third-order valence-electron chi connectivity index (χ3n) is 3.90. The van der Waals surface area contributed by atoms with Crippen LogP contribution in [-0.4, -0.2) is 22.1 Å². The van der Waals surface area contributed by atoms with Crippen LogP contribution in [0, 0.1) is 0 Å². The van der Waals surface area contributed by atoms with Gasteiger partial charge in [-0.25, -0.2) is 9.78 Å². The number of fused-ring (bicyclic) bond motifs is 1. The molecule has 5 nitrogen and oxygen atoms in total. The SMILES string of the molecule is CCOC(=O)c1ncn(-c2cccc3c2CCCC3)c1N. The van der Waals surface area contributed by atoms with Crippen LogP contribution in [0.15, 0.2) is 24.5 Å². The molecule has 0 saturated carbocycles. The van der Waals surface area contributed by atoms with Gasteiger partial charge in [0, 0.05) is 0 Å². The Balaban J connectivity index is 2.04. The lowest BCUT2D eigenvalue weighted by Gasteiger charge is -2.20. The van der Waals surface area contributed by atoms with Gasteiger partial charge in [0.2, 0.25) is 0 Å². The molecule has 3 rings (SSSR count). The number of imidazole rings is 1. The predicted octanol–water partition coefficient (Wildman–Crippen LogP) is 2.51. The van der Waals surface area contributed by atoms with Crippen molar-refractivity contribution < 1.29 is 9.53 Å². The van der Waals surface area contributed by atoms with Crippen molar-refractivity contribution in [2.75, 3.05) is 12.3 Å². The van der Waals surface area contributed by atoms with Crippen molar-refractivity contribution in [1.29, 1.82) is 0 Å². The van der Waals surface area contributed by atoms with Crippen molar-refractivity contribution in [2.24, 2.45) is 0 Å². The molecule has 0 spiro atoms. The number of ether oxygens (including phenoxy) is 1. The highest BCUT2D eigenvalue weighted by Crippen LogP contribution is 2.29. The van der Waals surface area contributed by atoms with Crippen LogP contribution in [0.25, 0.3) is 5.69 Å². The number of nitrogen functional groups attached to an aromatic ring is 1. The summed E-state index contributed by atoms with van der Waals surface area (Å²) >= 11 is 0. The first-order valence-corrected chi connectivity index (χ1v) is 7.33. The van der Waals surface area contributed by atoms with Crippen molar-refractivity contribution in [3.63, 3.8) is 0 Å². The zero-order valence-corrected chi connectivity index (χ0v) is 12.1. The van der Waals surface area contributed by atoms with Crippen LogP contribution >= 0.6 is 0 Å². The Morgan fingerprint density at radius 1 is 1.38 bits per heavy atom. The molecule has 2 aromatic rings. The predicted molar refractivity (Wildman–Crippen MR) is 80.6 cm³/mol. The summed E-state index contributed by atoms with van der Waals surface area (Å²) in [4.78, 5) is 15.9. The molecule has 0 unspecified atom stereocenters. The highest BCUT2D eigenvalue weighted by Gasteiger charge is 2.20. The molecule has 0 aliphatic heterocycles. The first kappa shape index (κ1) is 13.7. The molecule has 0 fully saturated rings. The van der Waals surface area contributed by atoms with E-state index >= 15 is 0 Å². The normalized spacial score (nSPS) is 13.8. The summed E-state index contributed by atoms with van der Waals surface area (Å²) in [5, 5.41) is 0. The Morgan fingerprint density at radius 3 is 3.00 bits per heavy atom. The van der Waals surface area contributed by atoms with Gasteiger partial charge >= 0.3 is 5.97 Å². The Morgan fingerprint density at radius 2 is 2.19 bits per heavy atom. The van der Waals surface area contributed by atoms with Gasteiger partial charge in [0.25, 0.3) is 0 Å². The molecule has 0 bridgehead atoms. The summed E-state index contributed by atoms with van der Waals surface area (Å²) in [6.45, 7) is 2.07. The van der Waals surface area contributed by atoms with Gasteiger partial charge in [0.1, 0.15) is 12.1 Å². The standard InChI is InChI=1S/C16H19N3O2/c1-2-21-16(20)14-15(17)19(10-18-14)13-9-5-7-11-6-3-4-8-12(11)13/h5,7,9-10H,2-4,6,8,17H2,1H3. The van der Waals surface area contributed by atoms with Crippen LogP contribution in [0.3, 0.4) is 0 Å². The van der Waals surface area contributed by atoms with E-state index in [0.29, 0.717) is 12.4 Å². The van der Waals surface area contributed by atoms with Crippen molar-refractivity contribution in [3.05, 3.63) is 41.3 Å². The van der Waals surface area contributed by atoms with Crippen LogP contribution < -0.4 is 5.73 Å². The Bertz CT molecular complexity index is 676. The molecule has 21 heavy (non-hydrogen) atoms. The molecule has 0 amide bonds. The van der Waals surface area contributed by atoms with Crippen LogP contribution in [-0.2, 0) is 17.6 Å². The second kappa shape index (κ2) is 5.60. The van der Waals surface area contributed by atoms with E-state index in [2.05, 4.69) is 11.1 Å². The molecule has 1 aromatic carbocycles. The van der Waals surface area contributed by atoms with Gasteiger partial charge in [-0.2, -0.15) is 0 Å². The molecule has 1 heterocycles. The summed E-state index contributed by atoms with van der Waals surface area (Å²) in [5.41, 5.74) is 9.98. The number of hydrogen-bond donors (Lipinski definition) is 1. The van der Waals surface area contributed by atoms with E-state index in [0.717, 1.165) is 18.5 Å². The maximum Gasteiger partial charge on any atom is 0.360 e. The quantitative estimate of drug-likeness (QED) is 0.880. The van der Waals surface area contributed by atoms with Gasteiger partial charge < -0.3 is 10.5 Å². The fourth-order valence-electron chi connectivity index (χ4n) is 2.89. The number of carbonyl (C=O) groups is 1. The minimum absolute atomic E-state index is 0.185. The van der Waals surface area contributed by atoms with Gasteiger partial charge in [0.05, 0.1) is 12.3 Å². The fraction of sp³-hybridized carbons (Fsp3) is 0.375. The Kier molecular flexibility index (Phi) is 3.64. The molecule has 0 saturated heterocycles. The lowest BCUT2D eigenvalue weighted by Crippen LogP contribution is -2.12. The molecule has 1 aliphatic rings. The average molecular weight is 285 g/mol. The minimum Gasteiger partial charge on any atom is -0.461 e. The van der Waals surface area contributed by atoms with E-state index in [1.54, 1.807) is 17.8 Å². The number of benzene rings is 1. The number of nitrogens with two attached hydrogens (primary N) is 1. The Hall–Kier alpha value is -2.30. The molecular weight excluding hydrogens is 266 g/mol. The second-order valence-electron chi connectivity index (χ2n) is 5.19. The molecule has 1 aliphatic carbocycles. The van der Waals surface area contributed by atoms with Crippen molar-refractivity contribution in [2.45, 2.75) is 32.6 Å². The molecule has 0 atom stereocenters. The molecule has 2 N–H and O–H groups in total. The van der Waals surface area contributed by atoms with Crippen molar-refractivity contribution >= 4 is 11.8 Å². The average Bonchev–Trinajstić information content (AvgIpc) is 2.88. The van der Waals surface area contributed by atoms with Gasteiger partial charge in [-0.05, 0) is 49.8 Å². The maximum atomic E-state index is 11.8. The lowest BCUT2D eigenvalue weighted by molar-refractivity contribution is 0.0521. The number of rotatable bonds is 3. The minimum atomic E-state index is -0.474. The van der Waals surface area contributed by atoms with Crippen molar-refractivity contribution in [3.8, 4) is 5.69 Å². The molecule has 1 aromatic heterocycles. The number of carbonyl (C=O) groups excluding carboxylic acids is 1. The van der Waals surface area contributed by atoms with Crippen molar-refractivity contribution in [1.82, 2.24) is 9.55 Å². The number of hydrogen-bond acceptors (Lipinski definition) is 4. The van der Waals surface area contributed by atoms with Gasteiger partial charge in [-0.1, -0.05) is 12.1 Å². The van der Waals surface area contributed by atoms with Gasteiger partial charge in [-0.3, -0.25) is 4.57 Å². The number of esters is 1.